The summed E-state index contributed by atoms with van der Waals surface area (Å²) in [6, 6.07) is 19.1. The van der Waals surface area contributed by atoms with Gasteiger partial charge in [0.1, 0.15) is 30.0 Å². The van der Waals surface area contributed by atoms with Gasteiger partial charge in [0, 0.05) is 18.8 Å². The Morgan fingerprint density at radius 3 is 2.12 bits per heavy atom. The summed E-state index contributed by atoms with van der Waals surface area (Å²) in [4.78, 5) is 43.4. The van der Waals surface area contributed by atoms with Crippen molar-refractivity contribution in [3.8, 4) is 5.75 Å². The second-order valence-electron chi connectivity index (χ2n) is 11.5. The van der Waals surface area contributed by atoms with Gasteiger partial charge >= 0.3 is 5.97 Å². The molecule has 0 saturated heterocycles. The molecule has 2 atom stereocenters. The van der Waals surface area contributed by atoms with E-state index in [1.807, 2.05) is 68.4 Å². The van der Waals surface area contributed by atoms with Crippen molar-refractivity contribution in [2.75, 3.05) is 0 Å². The molecule has 2 unspecified atom stereocenters. The van der Waals surface area contributed by atoms with Gasteiger partial charge in [-0.3, -0.25) is 14.6 Å². The number of aromatic nitrogens is 1. The van der Waals surface area contributed by atoms with E-state index in [1.165, 1.54) is 0 Å². The maximum Gasteiger partial charge on any atom is 0.329 e. The highest BCUT2D eigenvalue weighted by Gasteiger charge is 2.30. The van der Waals surface area contributed by atoms with Crippen LogP contribution in [0.15, 0.2) is 79.1 Å². The van der Waals surface area contributed by atoms with Gasteiger partial charge in [0.2, 0.25) is 11.8 Å². The molecule has 0 bridgehead atoms. The number of amides is 2. The maximum atomic E-state index is 13.4. The highest BCUT2D eigenvalue weighted by molar-refractivity contribution is 5.91. The number of hydrogen-bond donors (Lipinski definition) is 2. The van der Waals surface area contributed by atoms with Crippen LogP contribution in [-0.4, -0.2) is 40.5 Å². The molecule has 0 radical (unpaired) electrons. The number of nitrogens with zero attached hydrogens (tertiary/aromatic N) is 1. The number of ether oxygens (including phenoxy) is 2. The number of benzene rings is 2. The van der Waals surface area contributed by atoms with Gasteiger partial charge in [0.25, 0.3) is 0 Å². The van der Waals surface area contributed by atoms with Gasteiger partial charge < -0.3 is 20.1 Å². The van der Waals surface area contributed by atoms with Crippen LogP contribution >= 0.6 is 0 Å². The van der Waals surface area contributed by atoms with Crippen LogP contribution in [0, 0.1) is 5.92 Å². The van der Waals surface area contributed by atoms with Crippen LogP contribution in [0.3, 0.4) is 0 Å². The fraction of sp³-hybridized carbons (Fsp3) is 0.394. The zero-order valence-electron chi connectivity index (χ0n) is 24.6. The average Bonchev–Trinajstić information content (AvgIpc) is 2.92. The summed E-state index contributed by atoms with van der Waals surface area (Å²) in [5.74, 6) is -0.438. The summed E-state index contributed by atoms with van der Waals surface area (Å²) < 4.78 is 11.5. The predicted octanol–water partition coefficient (Wildman–Crippen LogP) is 4.80. The zero-order valence-corrected chi connectivity index (χ0v) is 24.6. The minimum Gasteiger partial charge on any atom is -0.489 e. The van der Waals surface area contributed by atoms with Gasteiger partial charge in [0.15, 0.2) is 0 Å². The molecular formula is C33H41N3O5. The van der Waals surface area contributed by atoms with Crippen LogP contribution in [0.5, 0.6) is 5.75 Å². The fourth-order valence-electron chi connectivity index (χ4n) is 4.17. The van der Waals surface area contributed by atoms with E-state index in [2.05, 4.69) is 15.6 Å². The number of carbonyl (C=O) groups excluding carboxylic acids is 3. The summed E-state index contributed by atoms with van der Waals surface area (Å²) in [6.07, 6.45) is 3.99. The summed E-state index contributed by atoms with van der Waals surface area (Å²) in [6.45, 7) is 9.73. The van der Waals surface area contributed by atoms with E-state index in [0.717, 1.165) is 16.7 Å². The van der Waals surface area contributed by atoms with E-state index in [9.17, 15) is 14.4 Å². The third-order valence-corrected chi connectivity index (χ3v) is 6.07. The van der Waals surface area contributed by atoms with E-state index < -0.39 is 29.6 Å². The molecular weight excluding hydrogens is 518 g/mol. The topological polar surface area (TPSA) is 107 Å². The van der Waals surface area contributed by atoms with Crippen LogP contribution in [0.25, 0.3) is 0 Å². The minimum absolute atomic E-state index is 0.101. The Morgan fingerprint density at radius 1 is 0.829 bits per heavy atom. The quantitative estimate of drug-likeness (QED) is 0.291. The molecule has 3 aromatic rings. The minimum atomic E-state index is -0.942. The van der Waals surface area contributed by atoms with Crippen LogP contribution in [0.4, 0.5) is 0 Å². The van der Waals surface area contributed by atoms with Gasteiger partial charge in [-0.2, -0.15) is 0 Å². The summed E-state index contributed by atoms with van der Waals surface area (Å²) in [7, 11) is 0. The van der Waals surface area contributed by atoms with Crippen molar-refractivity contribution in [3.63, 3.8) is 0 Å². The Morgan fingerprint density at radius 2 is 1.51 bits per heavy atom. The monoisotopic (exact) mass is 559 g/mol. The molecule has 0 aliphatic heterocycles. The molecule has 218 valence electrons. The molecule has 8 heteroatoms. The Hall–Kier alpha value is -4.20. The number of nitrogens with one attached hydrogen (secondary N) is 2. The molecule has 2 N–H and O–H groups in total. The Kier molecular flexibility index (Phi) is 11.4. The summed E-state index contributed by atoms with van der Waals surface area (Å²) in [5, 5.41) is 5.69. The first-order valence-corrected chi connectivity index (χ1v) is 14.0. The van der Waals surface area contributed by atoms with Crippen LogP contribution < -0.4 is 15.4 Å². The molecule has 1 heterocycles. The lowest BCUT2D eigenvalue weighted by Crippen LogP contribution is -2.53. The van der Waals surface area contributed by atoms with Gasteiger partial charge in [-0.1, -0.05) is 62.4 Å². The SMILES string of the molecule is CC(C)CC(NC(=O)Cc1cccnc1)C(=O)NC(Cc1ccc(OCc2ccccc2)cc1)C(=O)OC(C)(C)C. The smallest absolute Gasteiger partial charge is 0.329 e. The van der Waals surface area contributed by atoms with Crippen LogP contribution in [0.1, 0.15) is 57.7 Å². The molecule has 2 amide bonds. The van der Waals surface area contributed by atoms with Crippen LogP contribution in [-0.2, 0) is 38.6 Å². The highest BCUT2D eigenvalue weighted by atomic mass is 16.6. The number of hydrogen-bond acceptors (Lipinski definition) is 6. The lowest BCUT2D eigenvalue weighted by molar-refractivity contribution is -0.158. The molecule has 8 nitrogen and oxygen atoms in total. The van der Waals surface area contributed by atoms with E-state index in [1.54, 1.807) is 45.3 Å². The lowest BCUT2D eigenvalue weighted by Gasteiger charge is -2.27. The number of pyridine rings is 1. The van der Waals surface area contributed by atoms with Gasteiger partial charge in [-0.05, 0) is 68.0 Å². The second-order valence-corrected chi connectivity index (χ2v) is 11.5. The third-order valence-electron chi connectivity index (χ3n) is 6.07. The lowest BCUT2D eigenvalue weighted by atomic mass is 10.0. The highest BCUT2D eigenvalue weighted by Crippen LogP contribution is 2.17. The first kappa shape index (κ1) is 31.3. The van der Waals surface area contributed by atoms with E-state index in [4.69, 9.17) is 9.47 Å². The normalized spacial score (nSPS) is 12.7. The Bertz CT molecular complexity index is 1260. The Labute approximate surface area is 242 Å². The maximum absolute atomic E-state index is 13.4. The fourth-order valence-corrected chi connectivity index (χ4v) is 4.17. The van der Waals surface area contributed by atoms with Crippen molar-refractivity contribution < 1.29 is 23.9 Å². The van der Waals surface area contributed by atoms with Crippen molar-refractivity contribution in [1.82, 2.24) is 15.6 Å². The predicted molar refractivity (Wildman–Crippen MR) is 158 cm³/mol. The van der Waals surface area contributed by atoms with Gasteiger partial charge in [0.05, 0.1) is 6.42 Å². The van der Waals surface area contributed by atoms with Crippen LogP contribution in [0.2, 0.25) is 0 Å². The molecule has 1 aromatic heterocycles. The van der Waals surface area contributed by atoms with Crippen molar-refractivity contribution in [2.45, 2.75) is 78.2 Å². The largest absolute Gasteiger partial charge is 0.489 e. The molecule has 0 fully saturated rings. The molecule has 2 aromatic carbocycles. The molecule has 0 spiro atoms. The van der Waals surface area contributed by atoms with E-state index in [0.29, 0.717) is 18.8 Å². The second kappa shape index (κ2) is 15.0. The molecule has 0 aliphatic rings. The Balaban J connectivity index is 1.70. The van der Waals surface area contributed by atoms with Crippen molar-refractivity contribution in [3.05, 3.63) is 95.8 Å². The van der Waals surface area contributed by atoms with Crippen molar-refractivity contribution >= 4 is 17.8 Å². The summed E-state index contributed by atoms with van der Waals surface area (Å²) in [5.41, 5.74) is 1.91. The van der Waals surface area contributed by atoms with Gasteiger partial charge in [-0.25, -0.2) is 4.79 Å². The number of rotatable bonds is 13. The first-order chi connectivity index (χ1) is 19.5. The van der Waals surface area contributed by atoms with E-state index in [-0.39, 0.29) is 24.7 Å². The van der Waals surface area contributed by atoms with Crippen molar-refractivity contribution in [2.24, 2.45) is 5.92 Å². The molecule has 41 heavy (non-hydrogen) atoms. The number of carbonyl (C=O) groups is 3. The molecule has 3 rings (SSSR count). The number of esters is 1. The first-order valence-electron chi connectivity index (χ1n) is 14.0. The molecule has 0 saturated carbocycles. The average molecular weight is 560 g/mol. The zero-order chi connectivity index (χ0) is 29.8. The molecule has 0 aliphatic carbocycles. The van der Waals surface area contributed by atoms with Gasteiger partial charge in [-0.15, -0.1) is 0 Å². The van der Waals surface area contributed by atoms with Crippen molar-refractivity contribution in [1.29, 1.82) is 0 Å². The standard InChI is InChI=1S/C33H41N3O5/c1-23(2)18-28(35-30(37)20-26-12-9-17-34-21-26)31(38)36-29(32(39)41-33(3,4)5)19-24-13-15-27(16-14-24)40-22-25-10-7-6-8-11-25/h6-17,21,23,28-29H,18-20,22H2,1-5H3,(H,35,37)(H,36,38). The van der Waals surface area contributed by atoms with E-state index >= 15 is 0 Å². The third kappa shape index (κ3) is 11.4. The summed E-state index contributed by atoms with van der Waals surface area (Å²) >= 11 is 0.